The van der Waals surface area contributed by atoms with Crippen LogP contribution >= 0.6 is 0 Å². The maximum atomic E-state index is 11.9. The first kappa shape index (κ1) is 11.0. The fourth-order valence-electron chi connectivity index (χ4n) is 1.96. The van der Waals surface area contributed by atoms with Crippen molar-refractivity contribution in [1.82, 2.24) is 4.68 Å². The van der Waals surface area contributed by atoms with E-state index in [1.54, 1.807) is 4.68 Å². The summed E-state index contributed by atoms with van der Waals surface area (Å²) >= 11 is 0. The normalized spacial score (nSPS) is 23.7. The zero-order valence-electron chi connectivity index (χ0n) is 9.60. The zero-order valence-corrected chi connectivity index (χ0v) is 9.60. The fraction of sp³-hybridized carbons (Fsp3) is 0.417. The second kappa shape index (κ2) is 4.14. The molecule has 3 N–H and O–H groups in total. The fourth-order valence-corrected chi connectivity index (χ4v) is 1.96. The number of hydrogen-bond donors (Lipinski definition) is 2. The minimum atomic E-state index is -0.101. The molecule has 16 heavy (non-hydrogen) atoms. The van der Waals surface area contributed by atoms with Gasteiger partial charge in [0.15, 0.2) is 0 Å². The van der Waals surface area contributed by atoms with Crippen molar-refractivity contribution in [2.24, 2.45) is 11.7 Å². The van der Waals surface area contributed by atoms with Crippen molar-refractivity contribution in [3.8, 4) is 0 Å². The van der Waals surface area contributed by atoms with E-state index >= 15 is 0 Å². The predicted molar refractivity (Wildman–Crippen MR) is 63.5 cm³/mol. The highest BCUT2D eigenvalue weighted by molar-refractivity contribution is 5.88. The number of hydrogen-bond acceptors (Lipinski definition) is 2. The lowest BCUT2D eigenvalue weighted by Gasteiger charge is -2.14. The lowest BCUT2D eigenvalue weighted by atomic mass is 10.1. The van der Waals surface area contributed by atoms with Crippen LogP contribution in [-0.2, 0) is 4.79 Å². The van der Waals surface area contributed by atoms with E-state index in [1.165, 1.54) is 0 Å². The summed E-state index contributed by atoms with van der Waals surface area (Å²) in [5.74, 6) is -0.0946. The van der Waals surface area contributed by atoms with Crippen LogP contribution in [0, 0.1) is 19.8 Å². The van der Waals surface area contributed by atoms with Gasteiger partial charge in [0.1, 0.15) is 0 Å². The maximum Gasteiger partial charge on any atom is 0.245 e. The van der Waals surface area contributed by atoms with Gasteiger partial charge in [-0.3, -0.25) is 14.9 Å². The zero-order chi connectivity index (χ0) is 11.7. The summed E-state index contributed by atoms with van der Waals surface area (Å²) in [6, 6.07) is 3.97. The van der Waals surface area contributed by atoms with Gasteiger partial charge in [-0.05, 0) is 32.4 Å². The largest absolute Gasteiger partial charge is 0.324 e. The number of nitrogens with one attached hydrogen (secondary N) is 1. The summed E-state index contributed by atoms with van der Waals surface area (Å²) in [4.78, 5) is 11.9. The quantitative estimate of drug-likeness (QED) is 0.731. The average Bonchev–Trinajstić information content (AvgIpc) is 2.79. The first-order valence-electron chi connectivity index (χ1n) is 5.47. The van der Waals surface area contributed by atoms with Crippen LogP contribution in [0.15, 0.2) is 24.3 Å². The molecule has 1 aliphatic rings. The summed E-state index contributed by atoms with van der Waals surface area (Å²) in [5.41, 5.74) is 10.7. The van der Waals surface area contributed by atoms with Crippen molar-refractivity contribution in [1.29, 1.82) is 0 Å². The Kier molecular flexibility index (Phi) is 2.83. The van der Waals surface area contributed by atoms with Crippen LogP contribution in [0.4, 0.5) is 0 Å². The molecular formula is C12H17N3O. The van der Waals surface area contributed by atoms with E-state index in [1.807, 2.05) is 38.1 Å². The molecule has 4 nitrogen and oxygen atoms in total. The summed E-state index contributed by atoms with van der Waals surface area (Å²) < 4.78 is 1.81. The molecule has 2 atom stereocenters. The second-order valence-electron chi connectivity index (χ2n) is 4.32. The highest BCUT2D eigenvalue weighted by atomic mass is 16.2. The van der Waals surface area contributed by atoms with Gasteiger partial charge in [0.2, 0.25) is 5.91 Å². The molecule has 4 heteroatoms. The molecule has 2 unspecified atom stereocenters. The van der Waals surface area contributed by atoms with E-state index in [4.69, 9.17) is 5.73 Å². The summed E-state index contributed by atoms with van der Waals surface area (Å²) in [6.45, 7) is 3.92. The van der Waals surface area contributed by atoms with Gasteiger partial charge in [0.05, 0.1) is 5.92 Å². The van der Waals surface area contributed by atoms with Gasteiger partial charge in [-0.15, -0.1) is 0 Å². The van der Waals surface area contributed by atoms with Gasteiger partial charge in [0, 0.05) is 17.4 Å². The van der Waals surface area contributed by atoms with Crippen molar-refractivity contribution >= 4 is 5.91 Å². The van der Waals surface area contributed by atoms with Crippen molar-refractivity contribution < 1.29 is 4.79 Å². The minimum Gasteiger partial charge on any atom is -0.324 e. The van der Waals surface area contributed by atoms with Gasteiger partial charge in [-0.25, -0.2) is 0 Å². The number of rotatable bonds is 2. The molecule has 1 aromatic heterocycles. The molecule has 0 spiro atoms. The first-order valence-corrected chi connectivity index (χ1v) is 5.47. The van der Waals surface area contributed by atoms with Gasteiger partial charge >= 0.3 is 0 Å². The maximum absolute atomic E-state index is 11.9. The smallest absolute Gasteiger partial charge is 0.245 e. The van der Waals surface area contributed by atoms with Crippen molar-refractivity contribution in [2.75, 3.05) is 5.43 Å². The van der Waals surface area contributed by atoms with Gasteiger partial charge in [-0.1, -0.05) is 12.2 Å². The molecule has 0 aliphatic heterocycles. The highest BCUT2D eigenvalue weighted by Gasteiger charge is 2.23. The van der Waals surface area contributed by atoms with Crippen LogP contribution < -0.4 is 11.2 Å². The van der Waals surface area contributed by atoms with Crippen molar-refractivity contribution in [3.05, 3.63) is 35.7 Å². The van der Waals surface area contributed by atoms with Gasteiger partial charge < -0.3 is 5.73 Å². The third-order valence-electron chi connectivity index (χ3n) is 2.95. The Morgan fingerprint density at radius 1 is 1.38 bits per heavy atom. The summed E-state index contributed by atoms with van der Waals surface area (Å²) in [7, 11) is 0. The number of carbonyl (C=O) groups excluding carboxylic acids is 1. The van der Waals surface area contributed by atoms with E-state index in [-0.39, 0.29) is 17.9 Å². The molecule has 2 rings (SSSR count). The van der Waals surface area contributed by atoms with Crippen LogP contribution in [0.1, 0.15) is 17.8 Å². The Morgan fingerprint density at radius 3 is 2.50 bits per heavy atom. The Hall–Kier alpha value is -1.55. The van der Waals surface area contributed by atoms with Crippen LogP contribution in [0.3, 0.4) is 0 Å². The molecule has 0 saturated carbocycles. The molecule has 0 saturated heterocycles. The number of nitrogens with zero attached hydrogens (tertiary/aromatic N) is 1. The Balaban J connectivity index is 2.06. The summed E-state index contributed by atoms with van der Waals surface area (Å²) in [5, 5.41) is 0. The van der Waals surface area contributed by atoms with Crippen LogP contribution in [0.25, 0.3) is 0 Å². The average molecular weight is 219 g/mol. The minimum absolute atomic E-state index is 0.00611. The number of nitrogens with two attached hydrogens (primary N) is 1. The molecule has 1 heterocycles. The van der Waals surface area contributed by atoms with Crippen LogP contribution in [-0.4, -0.2) is 16.6 Å². The number of carbonyl (C=O) groups is 1. The SMILES string of the molecule is Cc1ccc(C)n1NC(=O)C1C=CC(N)C1. The van der Waals surface area contributed by atoms with E-state index in [0.29, 0.717) is 6.42 Å². The number of aryl methyl sites for hydroxylation is 2. The van der Waals surface area contributed by atoms with E-state index in [9.17, 15) is 4.79 Å². The molecule has 0 aromatic carbocycles. The van der Waals surface area contributed by atoms with E-state index < -0.39 is 0 Å². The van der Waals surface area contributed by atoms with Crippen LogP contribution in [0.5, 0.6) is 0 Å². The van der Waals surface area contributed by atoms with Crippen molar-refractivity contribution in [3.63, 3.8) is 0 Å². The van der Waals surface area contributed by atoms with E-state index in [2.05, 4.69) is 5.43 Å². The van der Waals surface area contributed by atoms with E-state index in [0.717, 1.165) is 11.4 Å². The Morgan fingerprint density at radius 2 is 2.00 bits per heavy atom. The molecular weight excluding hydrogens is 202 g/mol. The lowest BCUT2D eigenvalue weighted by molar-refractivity contribution is -0.119. The Labute approximate surface area is 95.1 Å². The Bertz CT molecular complexity index is 414. The molecule has 1 aliphatic carbocycles. The highest BCUT2D eigenvalue weighted by Crippen LogP contribution is 2.17. The number of aromatic nitrogens is 1. The molecule has 0 fully saturated rings. The standard InChI is InChI=1S/C12H17N3O/c1-8-3-4-9(2)15(8)14-12(16)10-5-6-11(13)7-10/h3-6,10-11H,7,13H2,1-2H3,(H,14,16). The molecule has 1 amide bonds. The van der Waals surface area contributed by atoms with Crippen LogP contribution in [0.2, 0.25) is 0 Å². The predicted octanol–water partition coefficient (Wildman–Crippen LogP) is 1.08. The second-order valence-corrected chi connectivity index (χ2v) is 4.32. The molecule has 0 radical (unpaired) electrons. The first-order chi connectivity index (χ1) is 7.58. The summed E-state index contributed by atoms with van der Waals surface area (Å²) in [6.07, 6.45) is 4.47. The number of amides is 1. The monoisotopic (exact) mass is 219 g/mol. The molecule has 0 bridgehead atoms. The molecule has 86 valence electrons. The van der Waals surface area contributed by atoms with Crippen molar-refractivity contribution in [2.45, 2.75) is 26.3 Å². The lowest BCUT2D eigenvalue weighted by Crippen LogP contribution is -2.30. The van der Waals surface area contributed by atoms with Gasteiger partial charge in [-0.2, -0.15) is 0 Å². The third-order valence-corrected chi connectivity index (χ3v) is 2.95. The van der Waals surface area contributed by atoms with Gasteiger partial charge in [0.25, 0.3) is 0 Å². The topological polar surface area (TPSA) is 60.0 Å². The third kappa shape index (κ3) is 2.02. The molecule has 1 aromatic rings.